The second-order valence-electron chi connectivity index (χ2n) is 7.40. The molecule has 5 nitrogen and oxygen atoms in total. The number of rotatable bonds is 5. The smallest absolute Gasteiger partial charge is 0.325 e. The third-order valence-corrected chi connectivity index (χ3v) is 5.58. The van der Waals surface area contributed by atoms with Crippen molar-refractivity contribution >= 4 is 17.8 Å². The van der Waals surface area contributed by atoms with Gasteiger partial charge in [-0.25, -0.2) is 4.79 Å². The van der Waals surface area contributed by atoms with Crippen LogP contribution in [0.5, 0.6) is 0 Å². The predicted octanol–water partition coefficient (Wildman–Crippen LogP) is 4.26. The molecule has 1 saturated heterocycles. The number of hydroxylamine groups is 2. The van der Waals surface area contributed by atoms with Crippen LogP contribution in [0.1, 0.15) is 46.8 Å². The molecule has 5 heteroatoms. The van der Waals surface area contributed by atoms with Gasteiger partial charge in [-0.05, 0) is 35.7 Å². The van der Waals surface area contributed by atoms with Crippen molar-refractivity contribution < 1.29 is 19.2 Å². The quantitative estimate of drug-likeness (QED) is 0.475. The van der Waals surface area contributed by atoms with Crippen LogP contribution in [0.2, 0.25) is 0 Å². The fourth-order valence-corrected chi connectivity index (χ4v) is 3.78. The van der Waals surface area contributed by atoms with Gasteiger partial charge in [0, 0.05) is 18.3 Å². The zero-order valence-corrected chi connectivity index (χ0v) is 16.6. The number of carbonyl (C=O) groups excluding carboxylic acids is 3. The number of imide groups is 1. The Labute approximate surface area is 174 Å². The zero-order chi connectivity index (χ0) is 21.1. The summed E-state index contributed by atoms with van der Waals surface area (Å²) in [7, 11) is 0. The molecule has 2 amide bonds. The van der Waals surface area contributed by atoms with Crippen molar-refractivity contribution in [1.29, 1.82) is 0 Å². The maximum atomic E-state index is 12.4. The average Bonchev–Trinajstić information content (AvgIpc) is 3.12. The Hall–Kier alpha value is -3.73. The summed E-state index contributed by atoms with van der Waals surface area (Å²) < 4.78 is 0. The molecule has 1 aliphatic rings. The molecule has 3 aromatic rings. The van der Waals surface area contributed by atoms with Crippen molar-refractivity contribution in [2.75, 3.05) is 0 Å². The van der Waals surface area contributed by atoms with Crippen molar-refractivity contribution in [2.24, 2.45) is 0 Å². The van der Waals surface area contributed by atoms with Gasteiger partial charge in [0.15, 0.2) is 0 Å². The van der Waals surface area contributed by atoms with E-state index in [-0.39, 0.29) is 18.4 Å². The largest absolute Gasteiger partial charge is 0.363 e. The van der Waals surface area contributed by atoms with E-state index in [9.17, 15) is 14.4 Å². The zero-order valence-electron chi connectivity index (χ0n) is 16.6. The van der Waals surface area contributed by atoms with E-state index in [0.717, 1.165) is 16.7 Å². The van der Waals surface area contributed by atoms with E-state index in [4.69, 9.17) is 4.84 Å². The molecule has 0 bridgehead atoms. The predicted molar refractivity (Wildman–Crippen MR) is 111 cm³/mol. The molecule has 0 radical (unpaired) electrons. The van der Waals surface area contributed by atoms with Gasteiger partial charge in [0.2, 0.25) is 0 Å². The molecule has 30 heavy (non-hydrogen) atoms. The molecular formula is C25H21NO4. The van der Waals surface area contributed by atoms with Crippen LogP contribution in [0.15, 0.2) is 84.9 Å². The van der Waals surface area contributed by atoms with E-state index in [1.54, 1.807) is 12.1 Å². The van der Waals surface area contributed by atoms with Crippen LogP contribution >= 0.6 is 0 Å². The molecule has 3 aromatic carbocycles. The molecule has 0 saturated carbocycles. The molecular weight excluding hydrogens is 378 g/mol. The molecule has 1 aliphatic heterocycles. The maximum absolute atomic E-state index is 12.4. The highest BCUT2D eigenvalue weighted by molar-refractivity contribution is 6.02. The fraction of sp³-hybridized carbons (Fsp3) is 0.160. The van der Waals surface area contributed by atoms with Gasteiger partial charge in [0.25, 0.3) is 11.8 Å². The van der Waals surface area contributed by atoms with Crippen molar-refractivity contribution in [3.63, 3.8) is 0 Å². The number of hydrogen-bond acceptors (Lipinski definition) is 4. The van der Waals surface area contributed by atoms with Crippen molar-refractivity contribution in [3.8, 4) is 0 Å². The Morgan fingerprint density at radius 1 is 0.733 bits per heavy atom. The van der Waals surface area contributed by atoms with Crippen molar-refractivity contribution in [1.82, 2.24) is 5.06 Å². The van der Waals surface area contributed by atoms with Gasteiger partial charge in [0.1, 0.15) is 0 Å². The molecule has 0 aromatic heterocycles. The van der Waals surface area contributed by atoms with Gasteiger partial charge in [-0.3, -0.25) is 9.59 Å². The monoisotopic (exact) mass is 399 g/mol. The third kappa shape index (κ3) is 3.50. The first-order valence-corrected chi connectivity index (χ1v) is 9.80. The summed E-state index contributed by atoms with van der Waals surface area (Å²) in [6.07, 6.45) is 0.134. The number of carbonyl (C=O) groups is 3. The Morgan fingerprint density at radius 3 is 1.63 bits per heavy atom. The van der Waals surface area contributed by atoms with Gasteiger partial charge in [-0.2, -0.15) is 0 Å². The second-order valence-corrected chi connectivity index (χ2v) is 7.40. The minimum Gasteiger partial charge on any atom is -0.325 e. The van der Waals surface area contributed by atoms with Crippen LogP contribution in [-0.2, 0) is 19.8 Å². The lowest BCUT2D eigenvalue weighted by atomic mass is 9.71. The van der Waals surface area contributed by atoms with Crippen molar-refractivity contribution in [3.05, 3.63) is 107 Å². The van der Waals surface area contributed by atoms with E-state index < -0.39 is 23.2 Å². The summed E-state index contributed by atoms with van der Waals surface area (Å²) in [5, 5.41) is 0.564. The standard InChI is InChI=1S/C25H21NO4/c1-25(19-8-4-2-5-9-19,20-10-6-3-7-11-20)21-14-12-18(13-15-21)24(29)30-26-22(27)16-17-23(26)28/h2-15H,16-17H2,1H3. The van der Waals surface area contributed by atoms with E-state index in [1.165, 1.54) is 0 Å². The maximum Gasteiger partial charge on any atom is 0.363 e. The Kier molecular flexibility index (Phi) is 5.19. The highest BCUT2D eigenvalue weighted by Crippen LogP contribution is 2.38. The van der Waals surface area contributed by atoms with Gasteiger partial charge < -0.3 is 4.84 Å². The summed E-state index contributed by atoms with van der Waals surface area (Å²) in [6.45, 7) is 2.15. The first-order chi connectivity index (χ1) is 14.5. The first-order valence-electron chi connectivity index (χ1n) is 9.80. The molecule has 0 atom stereocenters. The Balaban J connectivity index is 1.66. The van der Waals surface area contributed by atoms with Gasteiger partial charge >= 0.3 is 5.97 Å². The topological polar surface area (TPSA) is 63.7 Å². The van der Waals surface area contributed by atoms with Gasteiger partial charge in [0.05, 0.1) is 5.56 Å². The lowest BCUT2D eigenvalue weighted by Crippen LogP contribution is -2.32. The molecule has 150 valence electrons. The lowest BCUT2D eigenvalue weighted by Gasteiger charge is -2.32. The molecule has 0 aliphatic carbocycles. The first kappa shape index (κ1) is 19.6. The number of nitrogens with zero attached hydrogens (tertiary/aromatic N) is 1. The highest BCUT2D eigenvalue weighted by Gasteiger charge is 2.34. The summed E-state index contributed by atoms with van der Waals surface area (Å²) >= 11 is 0. The van der Waals surface area contributed by atoms with Crippen molar-refractivity contribution in [2.45, 2.75) is 25.2 Å². The van der Waals surface area contributed by atoms with Crippen LogP contribution < -0.4 is 0 Å². The number of benzene rings is 3. The van der Waals surface area contributed by atoms with Gasteiger partial charge in [-0.15, -0.1) is 5.06 Å². The minimum absolute atomic E-state index is 0.0670. The van der Waals surface area contributed by atoms with E-state index in [2.05, 4.69) is 31.2 Å². The Morgan fingerprint density at radius 2 is 1.17 bits per heavy atom. The molecule has 4 rings (SSSR count). The number of amides is 2. The summed E-state index contributed by atoms with van der Waals surface area (Å²) in [6, 6.07) is 27.4. The van der Waals surface area contributed by atoms with Crippen LogP contribution in [-0.4, -0.2) is 22.8 Å². The summed E-state index contributed by atoms with van der Waals surface area (Å²) in [4.78, 5) is 40.8. The molecule has 0 unspecified atom stereocenters. The van der Waals surface area contributed by atoms with Crippen LogP contribution in [0.25, 0.3) is 0 Å². The minimum atomic E-state index is -0.730. The molecule has 1 fully saturated rings. The normalized spacial score (nSPS) is 14.1. The van der Waals surface area contributed by atoms with Crippen LogP contribution in [0.4, 0.5) is 0 Å². The third-order valence-electron chi connectivity index (χ3n) is 5.58. The average molecular weight is 399 g/mol. The Bertz CT molecular complexity index is 1020. The fourth-order valence-electron chi connectivity index (χ4n) is 3.78. The summed E-state index contributed by atoms with van der Waals surface area (Å²) in [5.41, 5.74) is 3.10. The van der Waals surface area contributed by atoms with Gasteiger partial charge in [-0.1, -0.05) is 72.8 Å². The van der Waals surface area contributed by atoms with E-state index in [1.807, 2.05) is 48.5 Å². The number of hydrogen-bond donors (Lipinski definition) is 0. The molecule has 1 heterocycles. The molecule has 0 spiro atoms. The van der Waals surface area contributed by atoms with Crippen LogP contribution in [0.3, 0.4) is 0 Å². The van der Waals surface area contributed by atoms with E-state index >= 15 is 0 Å². The van der Waals surface area contributed by atoms with Crippen LogP contribution in [0, 0.1) is 0 Å². The van der Waals surface area contributed by atoms with E-state index in [0.29, 0.717) is 5.06 Å². The highest BCUT2D eigenvalue weighted by atomic mass is 16.7. The summed E-state index contributed by atoms with van der Waals surface area (Å²) in [5.74, 6) is -1.72. The second kappa shape index (κ2) is 7.95. The lowest BCUT2D eigenvalue weighted by molar-refractivity contribution is -0.172. The molecule has 0 N–H and O–H groups in total. The SMILES string of the molecule is CC(c1ccccc1)(c1ccccc1)c1ccc(C(=O)ON2C(=O)CCC2=O)cc1.